The summed E-state index contributed by atoms with van der Waals surface area (Å²) in [6, 6.07) is 5.80. The number of aliphatic hydroxyl groups excluding tert-OH is 1. The van der Waals surface area contributed by atoms with Crippen LogP contribution in [0.25, 0.3) is 5.52 Å². The number of nitrogens with one attached hydrogen (secondary N) is 3. The second kappa shape index (κ2) is 6.79. The first-order valence-electron chi connectivity index (χ1n) is 9.57. The minimum atomic E-state index is -0.151. The van der Waals surface area contributed by atoms with E-state index in [2.05, 4.69) is 30.9 Å². The van der Waals surface area contributed by atoms with Crippen LogP contribution >= 0.6 is 0 Å². The highest BCUT2D eigenvalue weighted by molar-refractivity contribution is 5.93. The van der Waals surface area contributed by atoms with Gasteiger partial charge in [0.15, 0.2) is 11.6 Å². The lowest BCUT2D eigenvalue weighted by Crippen LogP contribution is -2.34. The Kier molecular flexibility index (Phi) is 4.12. The summed E-state index contributed by atoms with van der Waals surface area (Å²) >= 11 is 0. The number of aromatic amines is 1. The zero-order valence-electron chi connectivity index (χ0n) is 15.3. The quantitative estimate of drug-likeness (QED) is 0.502. The molecule has 1 saturated heterocycles. The molecule has 5 rings (SSSR count). The Labute approximate surface area is 160 Å². The highest BCUT2D eigenvalue weighted by Gasteiger charge is 2.27. The molecule has 4 heterocycles. The van der Waals surface area contributed by atoms with Crippen molar-refractivity contribution in [1.82, 2.24) is 30.1 Å². The molecule has 4 N–H and O–H groups in total. The molecule has 3 aromatic heterocycles. The lowest BCUT2D eigenvalue weighted by Gasteiger charge is -2.23. The maximum atomic E-state index is 12.2. The predicted molar refractivity (Wildman–Crippen MR) is 103 cm³/mol. The van der Waals surface area contributed by atoms with Gasteiger partial charge in [-0.05, 0) is 37.8 Å². The molecule has 10 nitrogen and oxygen atoms in total. The average molecular weight is 382 g/mol. The largest absolute Gasteiger partial charge is 0.394 e. The van der Waals surface area contributed by atoms with Crippen molar-refractivity contribution in [2.75, 3.05) is 23.4 Å². The van der Waals surface area contributed by atoms with Crippen LogP contribution in [0, 0.1) is 0 Å². The molecular formula is C18H22N8O2. The van der Waals surface area contributed by atoms with Gasteiger partial charge in [-0.25, -0.2) is 4.52 Å². The molecule has 0 bridgehead atoms. The Balaban J connectivity index is 1.43. The second-order valence-electron chi connectivity index (χ2n) is 7.31. The molecule has 1 aliphatic carbocycles. The van der Waals surface area contributed by atoms with Crippen molar-refractivity contribution in [3.05, 3.63) is 30.1 Å². The molecule has 1 amide bonds. The number of carbonyl (C=O) groups is 1. The summed E-state index contributed by atoms with van der Waals surface area (Å²) in [5, 5.41) is 27.3. The summed E-state index contributed by atoms with van der Waals surface area (Å²) in [6.45, 7) is 0.889. The van der Waals surface area contributed by atoms with Crippen LogP contribution in [-0.2, 0) is 0 Å². The van der Waals surface area contributed by atoms with Crippen molar-refractivity contribution >= 4 is 29.0 Å². The Hall–Kier alpha value is -3.14. The van der Waals surface area contributed by atoms with E-state index in [0.29, 0.717) is 23.3 Å². The predicted octanol–water partition coefficient (Wildman–Crippen LogP) is 1.05. The number of aromatic nitrogens is 5. The number of H-pyrrole nitrogens is 1. The first kappa shape index (κ1) is 17.0. The van der Waals surface area contributed by atoms with Crippen LogP contribution in [0.2, 0.25) is 0 Å². The molecule has 0 aromatic carbocycles. The number of fused-ring (bicyclic) bond motifs is 1. The second-order valence-corrected chi connectivity index (χ2v) is 7.31. The molecule has 2 aliphatic rings. The van der Waals surface area contributed by atoms with Gasteiger partial charge in [0.1, 0.15) is 11.2 Å². The number of rotatable bonds is 6. The van der Waals surface area contributed by atoms with Crippen LogP contribution in [0.4, 0.5) is 17.6 Å². The molecule has 1 saturated carbocycles. The highest BCUT2D eigenvalue weighted by atomic mass is 16.3. The van der Waals surface area contributed by atoms with Crippen molar-refractivity contribution in [3.8, 4) is 0 Å². The number of anilines is 3. The molecule has 2 fully saturated rings. The number of hydrogen-bond donors (Lipinski definition) is 4. The number of aliphatic hydroxyl groups is 1. The van der Waals surface area contributed by atoms with Gasteiger partial charge in [-0.15, -0.1) is 5.10 Å². The molecule has 10 heteroatoms. The van der Waals surface area contributed by atoms with Crippen LogP contribution in [0.3, 0.4) is 0 Å². The van der Waals surface area contributed by atoms with Gasteiger partial charge in [0.25, 0.3) is 5.91 Å². The van der Waals surface area contributed by atoms with E-state index in [1.807, 2.05) is 23.2 Å². The topological polar surface area (TPSA) is 123 Å². The smallest absolute Gasteiger partial charge is 0.269 e. The van der Waals surface area contributed by atoms with E-state index in [0.717, 1.165) is 37.7 Å². The summed E-state index contributed by atoms with van der Waals surface area (Å²) < 4.78 is 1.75. The third-order valence-electron chi connectivity index (χ3n) is 5.21. The van der Waals surface area contributed by atoms with Gasteiger partial charge in [0, 0.05) is 24.8 Å². The number of carbonyl (C=O) groups excluding carboxylic acids is 1. The number of amides is 1. The Morgan fingerprint density at radius 2 is 2.25 bits per heavy atom. The average Bonchev–Trinajstić information content (AvgIpc) is 3.11. The fourth-order valence-electron chi connectivity index (χ4n) is 3.54. The van der Waals surface area contributed by atoms with Crippen molar-refractivity contribution in [3.63, 3.8) is 0 Å². The number of hydrogen-bond acceptors (Lipinski definition) is 7. The first-order valence-corrected chi connectivity index (χ1v) is 9.57. The van der Waals surface area contributed by atoms with Gasteiger partial charge >= 0.3 is 0 Å². The molecule has 0 radical (unpaired) electrons. The van der Waals surface area contributed by atoms with Gasteiger partial charge in [-0.1, -0.05) is 0 Å². The van der Waals surface area contributed by atoms with E-state index in [-0.39, 0.29) is 24.6 Å². The van der Waals surface area contributed by atoms with Crippen molar-refractivity contribution in [2.24, 2.45) is 0 Å². The van der Waals surface area contributed by atoms with Crippen LogP contribution in [0.15, 0.2) is 24.4 Å². The van der Waals surface area contributed by atoms with Gasteiger partial charge in [0.2, 0.25) is 5.95 Å². The Morgan fingerprint density at radius 1 is 1.36 bits per heavy atom. The van der Waals surface area contributed by atoms with Crippen LogP contribution in [0.5, 0.6) is 0 Å². The van der Waals surface area contributed by atoms with E-state index in [1.54, 1.807) is 10.6 Å². The Bertz CT molecular complexity index is 1010. The fraction of sp³-hybridized carbons (Fsp3) is 0.444. The van der Waals surface area contributed by atoms with Crippen molar-refractivity contribution in [2.45, 2.75) is 37.8 Å². The van der Waals surface area contributed by atoms with Crippen LogP contribution < -0.4 is 15.5 Å². The molecule has 0 spiro atoms. The molecule has 1 atom stereocenters. The van der Waals surface area contributed by atoms with Crippen molar-refractivity contribution < 1.29 is 9.90 Å². The minimum Gasteiger partial charge on any atom is -0.394 e. The molecule has 146 valence electrons. The van der Waals surface area contributed by atoms with Crippen LogP contribution in [0.1, 0.15) is 36.2 Å². The normalized spacial score (nSPS) is 19.3. The fourth-order valence-corrected chi connectivity index (χ4v) is 3.54. The first-order chi connectivity index (χ1) is 13.7. The van der Waals surface area contributed by atoms with E-state index in [1.165, 1.54) is 0 Å². The van der Waals surface area contributed by atoms with E-state index < -0.39 is 0 Å². The summed E-state index contributed by atoms with van der Waals surface area (Å²) in [4.78, 5) is 18.9. The molecule has 0 unspecified atom stereocenters. The summed E-state index contributed by atoms with van der Waals surface area (Å²) in [6.07, 6.45) is 5.85. The maximum absolute atomic E-state index is 12.2. The highest BCUT2D eigenvalue weighted by Crippen LogP contribution is 2.26. The van der Waals surface area contributed by atoms with Gasteiger partial charge in [-0.3, -0.25) is 9.89 Å². The minimum absolute atomic E-state index is 0.0315. The van der Waals surface area contributed by atoms with Gasteiger partial charge in [0.05, 0.1) is 12.6 Å². The monoisotopic (exact) mass is 382 g/mol. The third kappa shape index (κ3) is 3.15. The SMILES string of the molecule is O=C(NC1CC1)c1cc(Nc2nc(N3CCC[C@@H]3CO)nn3cccc23)n[nH]1. The van der Waals surface area contributed by atoms with E-state index in [4.69, 9.17) is 0 Å². The number of nitrogens with zero attached hydrogens (tertiary/aromatic N) is 5. The van der Waals surface area contributed by atoms with Gasteiger partial charge < -0.3 is 20.6 Å². The lowest BCUT2D eigenvalue weighted by molar-refractivity contribution is 0.0946. The van der Waals surface area contributed by atoms with Gasteiger partial charge in [-0.2, -0.15) is 10.1 Å². The summed E-state index contributed by atoms with van der Waals surface area (Å²) in [5.41, 5.74) is 1.21. The standard InChI is InChI=1S/C18H22N8O2/c27-10-12-3-1-7-25(12)18-21-16(14-4-2-8-26(14)24-18)20-15-9-13(22-23-15)17(28)19-11-5-6-11/h2,4,8-9,11-12,27H,1,3,5-7,10H2,(H,19,28)(H2,20,21,22,23,24)/t12-/m1/s1. The lowest BCUT2D eigenvalue weighted by atomic mass is 10.2. The zero-order chi connectivity index (χ0) is 19.1. The summed E-state index contributed by atoms with van der Waals surface area (Å²) in [5.74, 6) is 1.51. The summed E-state index contributed by atoms with van der Waals surface area (Å²) in [7, 11) is 0. The Morgan fingerprint density at radius 3 is 3.07 bits per heavy atom. The maximum Gasteiger partial charge on any atom is 0.269 e. The van der Waals surface area contributed by atoms with E-state index in [9.17, 15) is 9.90 Å². The zero-order valence-corrected chi connectivity index (χ0v) is 15.3. The molecule has 1 aliphatic heterocycles. The third-order valence-corrected chi connectivity index (χ3v) is 5.21. The van der Waals surface area contributed by atoms with E-state index >= 15 is 0 Å². The molecule has 3 aromatic rings. The van der Waals surface area contributed by atoms with Crippen LogP contribution in [-0.4, -0.2) is 61.0 Å². The van der Waals surface area contributed by atoms with Crippen molar-refractivity contribution in [1.29, 1.82) is 0 Å². The molecular weight excluding hydrogens is 360 g/mol. The molecule has 28 heavy (non-hydrogen) atoms.